The quantitative estimate of drug-likeness (QED) is 0.449. The van der Waals surface area contributed by atoms with Crippen LogP contribution >= 0.6 is 0 Å². The highest BCUT2D eigenvalue weighted by molar-refractivity contribution is 5.95. The minimum absolute atomic E-state index is 0.0923. The van der Waals surface area contributed by atoms with Crippen molar-refractivity contribution in [2.45, 2.75) is 13.0 Å². The standard InChI is InChI=1S/C28H26F3NO3/c1-17-23-13-21(33)5-9-26(23)35-28(27(17)20-4-8-24(30)25(31)12-20)19-2-6-22(7-3-19)34-11-10-32-15-18(14-29)16-32/h2-9,12-13,18,28,33H,10-11,14-16H2,1H3/t28-/m1/s1. The summed E-state index contributed by atoms with van der Waals surface area (Å²) >= 11 is 0. The number of rotatable bonds is 7. The number of ether oxygens (including phenoxy) is 2. The summed E-state index contributed by atoms with van der Waals surface area (Å²) in [6, 6.07) is 16.1. The van der Waals surface area contributed by atoms with Crippen LogP contribution in [-0.4, -0.2) is 42.9 Å². The topological polar surface area (TPSA) is 41.9 Å². The number of alkyl halides is 1. The molecule has 7 heteroatoms. The van der Waals surface area contributed by atoms with Gasteiger partial charge in [-0.2, -0.15) is 0 Å². The van der Waals surface area contributed by atoms with Crippen LogP contribution in [0, 0.1) is 17.6 Å². The maximum absolute atomic E-state index is 14.1. The van der Waals surface area contributed by atoms with Gasteiger partial charge in [-0.3, -0.25) is 9.29 Å². The monoisotopic (exact) mass is 481 g/mol. The summed E-state index contributed by atoms with van der Waals surface area (Å²) in [5, 5.41) is 9.99. The van der Waals surface area contributed by atoms with E-state index in [4.69, 9.17) is 9.47 Å². The maximum Gasteiger partial charge on any atom is 0.159 e. The van der Waals surface area contributed by atoms with E-state index in [0.29, 0.717) is 34.8 Å². The number of hydrogen-bond acceptors (Lipinski definition) is 4. The Morgan fingerprint density at radius 2 is 1.77 bits per heavy atom. The van der Waals surface area contributed by atoms with Crippen LogP contribution in [0.15, 0.2) is 60.7 Å². The first kappa shape index (κ1) is 23.3. The van der Waals surface area contributed by atoms with Gasteiger partial charge in [0, 0.05) is 36.7 Å². The fraction of sp³-hybridized carbons (Fsp3) is 0.286. The number of halogens is 3. The molecule has 0 saturated carbocycles. The van der Waals surface area contributed by atoms with Crippen LogP contribution in [0.4, 0.5) is 13.2 Å². The maximum atomic E-state index is 14.1. The van der Waals surface area contributed by atoms with E-state index < -0.39 is 17.7 Å². The highest BCUT2D eigenvalue weighted by Gasteiger charge is 2.30. The predicted molar refractivity (Wildman–Crippen MR) is 128 cm³/mol. The molecular weight excluding hydrogens is 455 g/mol. The molecule has 1 N–H and O–H groups in total. The summed E-state index contributed by atoms with van der Waals surface area (Å²) in [6.45, 7) is 4.41. The lowest BCUT2D eigenvalue weighted by Gasteiger charge is -2.37. The molecule has 1 fully saturated rings. The van der Waals surface area contributed by atoms with Gasteiger partial charge in [0.25, 0.3) is 0 Å². The Bertz CT molecular complexity index is 1250. The molecule has 5 rings (SSSR count). The van der Waals surface area contributed by atoms with Crippen LogP contribution in [0.5, 0.6) is 17.2 Å². The van der Waals surface area contributed by atoms with E-state index in [1.54, 1.807) is 18.2 Å². The Balaban J connectivity index is 1.40. The van der Waals surface area contributed by atoms with Gasteiger partial charge in [-0.25, -0.2) is 8.78 Å². The number of allylic oxidation sites excluding steroid dienone is 1. The minimum Gasteiger partial charge on any atom is -0.508 e. The highest BCUT2D eigenvalue weighted by atomic mass is 19.2. The van der Waals surface area contributed by atoms with Gasteiger partial charge >= 0.3 is 0 Å². The van der Waals surface area contributed by atoms with Crippen LogP contribution in [0.2, 0.25) is 0 Å². The molecular formula is C28H26F3NO3. The van der Waals surface area contributed by atoms with Crippen molar-refractivity contribution in [3.8, 4) is 17.2 Å². The van der Waals surface area contributed by atoms with Gasteiger partial charge in [0.15, 0.2) is 11.6 Å². The van der Waals surface area contributed by atoms with Gasteiger partial charge in [0.1, 0.15) is 30.0 Å². The molecule has 1 atom stereocenters. The molecule has 1 saturated heterocycles. The second-order valence-electron chi connectivity index (χ2n) is 9.04. The number of fused-ring (bicyclic) bond motifs is 1. The zero-order valence-electron chi connectivity index (χ0n) is 19.3. The molecule has 0 spiro atoms. The zero-order valence-corrected chi connectivity index (χ0v) is 19.3. The van der Waals surface area contributed by atoms with Crippen molar-refractivity contribution in [2.75, 3.05) is 32.9 Å². The largest absolute Gasteiger partial charge is 0.508 e. The predicted octanol–water partition coefficient (Wildman–Crippen LogP) is 6.01. The number of phenolic OH excluding ortho intramolecular Hbond substituents is 1. The lowest BCUT2D eigenvalue weighted by atomic mass is 9.86. The molecule has 3 aromatic rings. The molecule has 0 radical (unpaired) electrons. The van der Waals surface area contributed by atoms with Crippen molar-refractivity contribution in [3.05, 3.63) is 89.0 Å². The first-order chi connectivity index (χ1) is 16.9. The van der Waals surface area contributed by atoms with E-state index in [0.717, 1.165) is 36.8 Å². The third-order valence-electron chi connectivity index (χ3n) is 6.62. The number of nitrogens with zero attached hydrogens (tertiary/aromatic N) is 1. The number of hydrogen-bond donors (Lipinski definition) is 1. The van der Waals surface area contributed by atoms with E-state index in [1.165, 1.54) is 12.1 Å². The second-order valence-corrected chi connectivity index (χ2v) is 9.04. The van der Waals surface area contributed by atoms with Gasteiger partial charge in [-0.1, -0.05) is 18.2 Å². The number of likely N-dealkylation sites (tertiary alicyclic amines) is 1. The molecule has 182 valence electrons. The Morgan fingerprint density at radius 1 is 1.00 bits per heavy atom. The van der Waals surface area contributed by atoms with E-state index in [1.807, 2.05) is 31.2 Å². The van der Waals surface area contributed by atoms with Crippen molar-refractivity contribution >= 4 is 11.1 Å². The second kappa shape index (κ2) is 9.66. The Morgan fingerprint density at radius 3 is 2.49 bits per heavy atom. The SMILES string of the molecule is CC1=C(c2ccc(F)c(F)c2)[C@@H](c2ccc(OCCN3CC(CF)C3)cc2)Oc2ccc(O)cc21. The van der Waals surface area contributed by atoms with Crippen molar-refractivity contribution in [1.82, 2.24) is 4.90 Å². The first-order valence-corrected chi connectivity index (χ1v) is 11.6. The van der Waals surface area contributed by atoms with Gasteiger partial charge in [-0.05, 0) is 66.1 Å². The fourth-order valence-corrected chi connectivity index (χ4v) is 4.70. The molecule has 2 aliphatic heterocycles. The van der Waals surface area contributed by atoms with Crippen molar-refractivity contribution in [3.63, 3.8) is 0 Å². The molecule has 0 aromatic heterocycles. The molecule has 0 bridgehead atoms. The van der Waals surface area contributed by atoms with E-state index in [-0.39, 0.29) is 18.3 Å². The number of benzene rings is 3. The summed E-state index contributed by atoms with van der Waals surface area (Å²) in [7, 11) is 0. The lowest BCUT2D eigenvalue weighted by molar-refractivity contribution is 0.0668. The molecule has 4 nitrogen and oxygen atoms in total. The first-order valence-electron chi connectivity index (χ1n) is 11.6. The average Bonchev–Trinajstić information content (AvgIpc) is 2.83. The zero-order chi connectivity index (χ0) is 24.5. The van der Waals surface area contributed by atoms with Crippen molar-refractivity contribution in [2.24, 2.45) is 5.92 Å². The van der Waals surface area contributed by atoms with Crippen LogP contribution in [-0.2, 0) is 0 Å². The normalized spacial score (nSPS) is 18.1. The molecule has 35 heavy (non-hydrogen) atoms. The molecule has 0 amide bonds. The molecule has 2 heterocycles. The summed E-state index contributed by atoms with van der Waals surface area (Å²) in [4.78, 5) is 2.16. The summed E-state index contributed by atoms with van der Waals surface area (Å²) in [5.41, 5.74) is 3.52. The fourth-order valence-electron chi connectivity index (χ4n) is 4.70. The van der Waals surface area contributed by atoms with E-state index in [9.17, 15) is 18.3 Å². The Labute approximate surface area is 202 Å². The summed E-state index contributed by atoms with van der Waals surface area (Å²) in [5.74, 6) is -0.315. The van der Waals surface area contributed by atoms with E-state index in [2.05, 4.69) is 4.90 Å². The van der Waals surface area contributed by atoms with Gasteiger partial charge < -0.3 is 14.6 Å². The molecule has 0 aliphatic carbocycles. The van der Waals surface area contributed by atoms with E-state index >= 15 is 0 Å². The molecule has 0 unspecified atom stereocenters. The molecule has 2 aliphatic rings. The summed E-state index contributed by atoms with van der Waals surface area (Å²) in [6.07, 6.45) is -0.565. The lowest BCUT2D eigenvalue weighted by Crippen LogP contribution is -2.49. The van der Waals surface area contributed by atoms with Crippen LogP contribution < -0.4 is 9.47 Å². The average molecular weight is 482 g/mol. The number of phenols is 1. The third-order valence-corrected chi connectivity index (χ3v) is 6.62. The van der Waals surface area contributed by atoms with Crippen molar-refractivity contribution in [1.29, 1.82) is 0 Å². The minimum atomic E-state index is -0.938. The smallest absolute Gasteiger partial charge is 0.159 e. The Kier molecular flexibility index (Phi) is 6.43. The Hall–Kier alpha value is -3.45. The summed E-state index contributed by atoms with van der Waals surface area (Å²) < 4.78 is 52.5. The molecule has 3 aromatic carbocycles. The van der Waals surface area contributed by atoms with Crippen LogP contribution in [0.1, 0.15) is 29.7 Å². The van der Waals surface area contributed by atoms with Crippen LogP contribution in [0.25, 0.3) is 11.1 Å². The number of aromatic hydroxyl groups is 1. The van der Waals surface area contributed by atoms with Gasteiger partial charge in [0.05, 0.1) is 6.67 Å². The van der Waals surface area contributed by atoms with Gasteiger partial charge in [-0.15, -0.1) is 0 Å². The van der Waals surface area contributed by atoms with Gasteiger partial charge in [0.2, 0.25) is 0 Å². The third kappa shape index (κ3) is 4.73. The van der Waals surface area contributed by atoms with Crippen molar-refractivity contribution < 1.29 is 27.8 Å². The van der Waals surface area contributed by atoms with Crippen LogP contribution in [0.3, 0.4) is 0 Å². The highest BCUT2D eigenvalue weighted by Crippen LogP contribution is 2.47.